The summed E-state index contributed by atoms with van der Waals surface area (Å²) in [6.07, 6.45) is 4.82. The van der Waals surface area contributed by atoms with Crippen LogP contribution >= 0.6 is 11.3 Å². The van der Waals surface area contributed by atoms with E-state index in [0.717, 1.165) is 31.4 Å². The highest BCUT2D eigenvalue weighted by atomic mass is 32.1. The molecule has 0 fully saturated rings. The van der Waals surface area contributed by atoms with Crippen LogP contribution in [0.3, 0.4) is 0 Å². The largest absolute Gasteiger partial charge is 0.246 e. The maximum Gasteiger partial charge on any atom is 0.0931 e. The van der Waals surface area contributed by atoms with Gasteiger partial charge in [0.2, 0.25) is 0 Å². The van der Waals surface area contributed by atoms with Crippen molar-refractivity contribution in [1.29, 1.82) is 5.26 Å². The molecule has 0 spiro atoms. The molecule has 1 heterocycles. The number of thiazole rings is 1. The molecular formula is C11H16N2S. The van der Waals surface area contributed by atoms with Crippen LogP contribution in [0, 0.1) is 11.3 Å². The Morgan fingerprint density at radius 2 is 2.00 bits per heavy atom. The van der Waals surface area contributed by atoms with Crippen molar-refractivity contribution in [2.24, 2.45) is 0 Å². The van der Waals surface area contributed by atoms with Crippen LogP contribution in [0.2, 0.25) is 0 Å². The minimum absolute atomic E-state index is 0.525. The van der Waals surface area contributed by atoms with E-state index in [9.17, 15) is 0 Å². The molecule has 1 aromatic rings. The number of rotatable bonds is 5. The minimum Gasteiger partial charge on any atom is -0.246 e. The third-order valence-electron chi connectivity index (χ3n) is 2.01. The quantitative estimate of drug-likeness (QED) is 0.745. The van der Waals surface area contributed by atoms with Gasteiger partial charge < -0.3 is 0 Å². The average molecular weight is 208 g/mol. The standard InChI is InChI=1S/C11H16N2S/c1-3-5-9-10(7-8-12)14-11(13-9)6-4-2/h3-7H2,1-2H3. The first-order valence-corrected chi connectivity index (χ1v) is 5.97. The predicted molar refractivity (Wildman–Crippen MR) is 59.4 cm³/mol. The van der Waals surface area contributed by atoms with Crippen LogP contribution in [0.1, 0.15) is 42.3 Å². The molecule has 0 atom stereocenters. The second-order valence-corrected chi connectivity index (χ2v) is 4.48. The zero-order chi connectivity index (χ0) is 10.4. The molecule has 0 saturated carbocycles. The van der Waals surface area contributed by atoms with E-state index >= 15 is 0 Å². The second-order valence-electron chi connectivity index (χ2n) is 3.31. The normalized spacial score (nSPS) is 10.1. The van der Waals surface area contributed by atoms with E-state index < -0.39 is 0 Å². The summed E-state index contributed by atoms with van der Waals surface area (Å²) < 4.78 is 0. The lowest BCUT2D eigenvalue weighted by Gasteiger charge is -1.93. The Bertz CT molecular complexity index is 323. The van der Waals surface area contributed by atoms with E-state index in [0.29, 0.717) is 6.42 Å². The molecule has 0 radical (unpaired) electrons. The molecule has 3 heteroatoms. The van der Waals surface area contributed by atoms with Crippen LogP contribution in [0.25, 0.3) is 0 Å². The minimum atomic E-state index is 0.525. The van der Waals surface area contributed by atoms with Gasteiger partial charge in [-0.05, 0) is 19.3 Å². The molecule has 14 heavy (non-hydrogen) atoms. The Morgan fingerprint density at radius 3 is 2.57 bits per heavy atom. The molecule has 0 amide bonds. The summed E-state index contributed by atoms with van der Waals surface area (Å²) in [5, 5.41) is 9.88. The highest BCUT2D eigenvalue weighted by Crippen LogP contribution is 2.21. The molecule has 1 aromatic heterocycles. The highest BCUT2D eigenvalue weighted by Gasteiger charge is 2.09. The van der Waals surface area contributed by atoms with Crippen molar-refractivity contribution in [2.45, 2.75) is 46.0 Å². The molecule has 0 aliphatic rings. The topological polar surface area (TPSA) is 36.7 Å². The third kappa shape index (κ3) is 2.81. The molecule has 2 nitrogen and oxygen atoms in total. The molecule has 0 aliphatic heterocycles. The molecular weight excluding hydrogens is 192 g/mol. The Morgan fingerprint density at radius 1 is 1.29 bits per heavy atom. The summed E-state index contributed by atoms with van der Waals surface area (Å²) in [5.41, 5.74) is 1.16. The molecule has 0 N–H and O–H groups in total. The van der Waals surface area contributed by atoms with Gasteiger partial charge in [0.15, 0.2) is 0 Å². The summed E-state index contributed by atoms with van der Waals surface area (Å²) in [5.74, 6) is 0. The maximum atomic E-state index is 8.68. The number of hydrogen-bond donors (Lipinski definition) is 0. The van der Waals surface area contributed by atoms with Gasteiger partial charge in [-0.3, -0.25) is 0 Å². The Hall–Kier alpha value is -0.880. The molecule has 0 saturated heterocycles. The molecule has 1 rings (SSSR count). The zero-order valence-electron chi connectivity index (χ0n) is 8.84. The Labute approximate surface area is 89.6 Å². The number of nitrogens with zero attached hydrogens (tertiary/aromatic N) is 2. The molecule has 0 bridgehead atoms. The van der Waals surface area contributed by atoms with E-state index in [1.54, 1.807) is 11.3 Å². The van der Waals surface area contributed by atoms with Crippen LogP contribution in [0.4, 0.5) is 0 Å². The molecule has 76 valence electrons. The van der Waals surface area contributed by atoms with Gasteiger partial charge >= 0.3 is 0 Å². The maximum absolute atomic E-state index is 8.68. The van der Waals surface area contributed by atoms with Crippen molar-refractivity contribution >= 4 is 11.3 Å². The highest BCUT2D eigenvalue weighted by molar-refractivity contribution is 7.11. The van der Waals surface area contributed by atoms with Crippen LogP contribution in [0.15, 0.2) is 0 Å². The fourth-order valence-corrected chi connectivity index (χ4v) is 2.55. The van der Waals surface area contributed by atoms with E-state index in [1.807, 2.05) is 0 Å². The lowest BCUT2D eigenvalue weighted by atomic mass is 10.2. The van der Waals surface area contributed by atoms with Crippen molar-refractivity contribution in [3.8, 4) is 6.07 Å². The van der Waals surface area contributed by atoms with Crippen LogP contribution in [-0.4, -0.2) is 4.98 Å². The lowest BCUT2D eigenvalue weighted by Crippen LogP contribution is -1.90. The monoisotopic (exact) mass is 208 g/mol. The number of aromatic nitrogens is 1. The first-order chi connectivity index (χ1) is 6.81. The average Bonchev–Trinajstić information content (AvgIpc) is 2.50. The smallest absolute Gasteiger partial charge is 0.0931 e. The van der Waals surface area contributed by atoms with Crippen LogP contribution in [0.5, 0.6) is 0 Å². The molecule has 0 aromatic carbocycles. The van der Waals surface area contributed by atoms with Crippen molar-refractivity contribution in [1.82, 2.24) is 4.98 Å². The number of nitriles is 1. The number of hydrogen-bond acceptors (Lipinski definition) is 3. The van der Waals surface area contributed by atoms with Gasteiger partial charge in [-0.1, -0.05) is 20.3 Å². The summed E-state index contributed by atoms with van der Waals surface area (Å²) in [7, 11) is 0. The Balaban J connectivity index is 2.82. The van der Waals surface area contributed by atoms with Gasteiger partial charge in [-0.25, -0.2) is 4.98 Å². The van der Waals surface area contributed by atoms with Gasteiger partial charge in [0.05, 0.1) is 23.2 Å². The second kappa shape index (κ2) is 5.77. The van der Waals surface area contributed by atoms with E-state index in [4.69, 9.17) is 5.26 Å². The first-order valence-electron chi connectivity index (χ1n) is 5.16. The zero-order valence-corrected chi connectivity index (χ0v) is 9.65. The van der Waals surface area contributed by atoms with E-state index in [2.05, 4.69) is 24.9 Å². The van der Waals surface area contributed by atoms with Crippen LogP contribution in [-0.2, 0) is 19.3 Å². The van der Waals surface area contributed by atoms with E-state index in [-0.39, 0.29) is 0 Å². The Kier molecular flexibility index (Phi) is 4.61. The van der Waals surface area contributed by atoms with Crippen molar-refractivity contribution < 1.29 is 0 Å². The first kappa shape index (κ1) is 11.2. The third-order valence-corrected chi connectivity index (χ3v) is 3.17. The van der Waals surface area contributed by atoms with Crippen molar-refractivity contribution in [2.75, 3.05) is 0 Å². The summed E-state index contributed by atoms with van der Waals surface area (Å²) in [4.78, 5) is 5.75. The fourth-order valence-electron chi connectivity index (χ4n) is 1.40. The summed E-state index contributed by atoms with van der Waals surface area (Å²) >= 11 is 1.72. The summed E-state index contributed by atoms with van der Waals surface area (Å²) in [6, 6.07) is 2.21. The van der Waals surface area contributed by atoms with Crippen molar-refractivity contribution in [3.63, 3.8) is 0 Å². The van der Waals surface area contributed by atoms with Gasteiger partial charge in [-0.15, -0.1) is 11.3 Å². The molecule has 0 unspecified atom stereocenters. The lowest BCUT2D eigenvalue weighted by molar-refractivity contribution is 0.850. The molecule has 0 aliphatic carbocycles. The van der Waals surface area contributed by atoms with Crippen molar-refractivity contribution in [3.05, 3.63) is 15.6 Å². The van der Waals surface area contributed by atoms with Gasteiger partial charge in [0.25, 0.3) is 0 Å². The van der Waals surface area contributed by atoms with Gasteiger partial charge in [0, 0.05) is 4.88 Å². The van der Waals surface area contributed by atoms with Crippen LogP contribution < -0.4 is 0 Å². The summed E-state index contributed by atoms with van der Waals surface area (Å²) in [6.45, 7) is 4.31. The fraction of sp³-hybridized carbons (Fsp3) is 0.636. The van der Waals surface area contributed by atoms with Gasteiger partial charge in [-0.2, -0.15) is 5.26 Å². The SMILES string of the molecule is CCCc1nc(CCC)c(CC#N)s1. The van der Waals surface area contributed by atoms with Gasteiger partial charge in [0.1, 0.15) is 0 Å². The number of aryl methyl sites for hydroxylation is 2. The predicted octanol–water partition coefficient (Wildman–Crippen LogP) is 3.11. The van der Waals surface area contributed by atoms with E-state index in [1.165, 1.54) is 9.88 Å².